The van der Waals surface area contributed by atoms with Crippen molar-refractivity contribution < 1.29 is 19.0 Å². The Morgan fingerprint density at radius 3 is 2.55 bits per heavy atom. The van der Waals surface area contributed by atoms with Crippen LogP contribution in [0.4, 0.5) is 29.0 Å². The Bertz CT molecular complexity index is 1130. The molecule has 0 fully saturated rings. The number of carbonyl (C=O) groups excluding carboxylic acids is 1. The van der Waals surface area contributed by atoms with E-state index in [1.807, 2.05) is 24.3 Å². The van der Waals surface area contributed by atoms with E-state index in [1.165, 1.54) is 19.5 Å². The van der Waals surface area contributed by atoms with Crippen LogP contribution in [-0.2, 0) is 9.53 Å². The third-order valence-electron chi connectivity index (χ3n) is 4.19. The summed E-state index contributed by atoms with van der Waals surface area (Å²) < 4.78 is 17.2. The maximum atomic E-state index is 11.9. The number of hydrogen-bond acceptors (Lipinski definition) is 9. The zero-order valence-electron chi connectivity index (χ0n) is 18.1. The van der Waals surface area contributed by atoms with E-state index in [1.54, 1.807) is 19.2 Å². The number of methoxy groups -OCH3 is 2. The van der Waals surface area contributed by atoms with Crippen molar-refractivity contribution in [3.05, 3.63) is 59.9 Å². The first-order valence-corrected chi connectivity index (χ1v) is 10.6. The zero-order valence-corrected chi connectivity index (χ0v) is 19.7. The lowest BCUT2D eigenvalue weighted by molar-refractivity contribution is -0.111. The summed E-state index contributed by atoms with van der Waals surface area (Å²) in [5, 5.41) is 8.94. The normalized spacial score (nSPS) is 10.3. The highest BCUT2D eigenvalue weighted by Gasteiger charge is 2.15. The molecule has 0 unspecified atom stereocenters. The van der Waals surface area contributed by atoms with E-state index < -0.39 is 0 Å². The van der Waals surface area contributed by atoms with Crippen LogP contribution in [-0.4, -0.2) is 48.3 Å². The molecule has 2 aromatic carbocycles. The molecule has 1 aromatic heterocycles. The number of aromatic nitrogens is 3. The SMILES string of the molecule is C=CC(=O)Nc1cc(Nc2ncnc(Nc3cccc(Br)c3)n2)c(OC)cc1OCCOC. The van der Waals surface area contributed by atoms with Crippen molar-refractivity contribution in [3.8, 4) is 11.5 Å². The predicted octanol–water partition coefficient (Wildman–Crippen LogP) is 4.28. The Kier molecular flexibility index (Phi) is 8.56. The van der Waals surface area contributed by atoms with E-state index in [-0.39, 0.29) is 11.9 Å². The molecule has 0 aliphatic carbocycles. The number of benzene rings is 2. The lowest BCUT2D eigenvalue weighted by Crippen LogP contribution is -2.12. The quantitative estimate of drug-likeness (QED) is 0.254. The van der Waals surface area contributed by atoms with Gasteiger partial charge in [0.15, 0.2) is 0 Å². The van der Waals surface area contributed by atoms with Crippen LogP contribution < -0.4 is 25.4 Å². The minimum Gasteiger partial charge on any atom is -0.494 e. The standard InChI is InChI=1S/C22H23BrN6O4/c1-4-20(30)27-17-11-16(18(32-3)12-19(17)33-9-8-31-2)28-22-25-13-24-21(29-22)26-15-7-5-6-14(23)10-15/h4-7,10-13H,1,8-9H2,2-3H3,(H,27,30)(H2,24,25,26,28,29). The fraction of sp³-hybridized carbons (Fsp3) is 0.182. The van der Waals surface area contributed by atoms with Gasteiger partial charge < -0.3 is 30.2 Å². The fourth-order valence-corrected chi connectivity index (χ4v) is 3.10. The number of rotatable bonds is 11. The summed E-state index contributed by atoms with van der Waals surface area (Å²) in [6, 6.07) is 10.9. The van der Waals surface area contributed by atoms with E-state index in [0.29, 0.717) is 42.0 Å². The molecule has 33 heavy (non-hydrogen) atoms. The van der Waals surface area contributed by atoms with Gasteiger partial charge in [0.2, 0.25) is 17.8 Å². The van der Waals surface area contributed by atoms with Crippen LogP contribution in [0.1, 0.15) is 0 Å². The lowest BCUT2D eigenvalue weighted by Gasteiger charge is -2.17. The molecule has 0 atom stereocenters. The van der Waals surface area contributed by atoms with Crippen molar-refractivity contribution in [1.29, 1.82) is 0 Å². The van der Waals surface area contributed by atoms with Gasteiger partial charge in [-0.2, -0.15) is 4.98 Å². The number of nitrogens with zero attached hydrogens (tertiary/aromatic N) is 3. The Morgan fingerprint density at radius 2 is 1.85 bits per heavy atom. The summed E-state index contributed by atoms with van der Waals surface area (Å²) in [6.07, 6.45) is 2.55. The second-order valence-electron chi connectivity index (χ2n) is 6.48. The molecular weight excluding hydrogens is 492 g/mol. The minimum absolute atomic E-state index is 0.273. The Labute approximate surface area is 199 Å². The Morgan fingerprint density at radius 1 is 1.06 bits per heavy atom. The van der Waals surface area contributed by atoms with Crippen molar-refractivity contribution in [2.75, 3.05) is 43.4 Å². The molecule has 172 valence electrons. The molecule has 11 heteroatoms. The van der Waals surface area contributed by atoms with E-state index >= 15 is 0 Å². The van der Waals surface area contributed by atoms with Crippen molar-refractivity contribution in [3.63, 3.8) is 0 Å². The molecule has 3 rings (SSSR count). The van der Waals surface area contributed by atoms with Gasteiger partial charge in [0, 0.05) is 23.3 Å². The van der Waals surface area contributed by atoms with Crippen molar-refractivity contribution in [2.24, 2.45) is 0 Å². The van der Waals surface area contributed by atoms with Crippen LogP contribution in [0.25, 0.3) is 0 Å². The number of amides is 1. The summed E-state index contributed by atoms with van der Waals surface area (Å²) in [7, 11) is 3.10. The van der Waals surface area contributed by atoms with Crippen LogP contribution in [0, 0.1) is 0 Å². The first kappa shape index (κ1) is 24.0. The van der Waals surface area contributed by atoms with Gasteiger partial charge in [-0.25, -0.2) is 9.97 Å². The zero-order chi connectivity index (χ0) is 23.6. The van der Waals surface area contributed by atoms with Gasteiger partial charge in [0.1, 0.15) is 24.4 Å². The van der Waals surface area contributed by atoms with Gasteiger partial charge in [-0.1, -0.05) is 28.6 Å². The maximum Gasteiger partial charge on any atom is 0.247 e. The van der Waals surface area contributed by atoms with Gasteiger partial charge in [-0.15, -0.1) is 0 Å². The molecule has 0 saturated carbocycles. The van der Waals surface area contributed by atoms with Gasteiger partial charge in [0.25, 0.3) is 0 Å². The number of hydrogen-bond donors (Lipinski definition) is 3. The molecule has 0 spiro atoms. The third kappa shape index (κ3) is 6.89. The number of nitrogens with one attached hydrogen (secondary N) is 3. The summed E-state index contributed by atoms with van der Waals surface area (Å²) in [5.74, 6) is 1.11. The highest BCUT2D eigenvalue weighted by molar-refractivity contribution is 9.10. The van der Waals surface area contributed by atoms with Gasteiger partial charge in [-0.3, -0.25) is 4.79 Å². The summed E-state index contributed by atoms with van der Waals surface area (Å²) in [6.45, 7) is 4.16. The van der Waals surface area contributed by atoms with Gasteiger partial charge in [0.05, 0.1) is 25.1 Å². The monoisotopic (exact) mass is 514 g/mol. The minimum atomic E-state index is -0.386. The maximum absolute atomic E-state index is 11.9. The summed E-state index contributed by atoms with van der Waals surface area (Å²) >= 11 is 3.43. The first-order chi connectivity index (χ1) is 16.0. The molecule has 1 heterocycles. The average Bonchev–Trinajstić information content (AvgIpc) is 2.80. The predicted molar refractivity (Wildman–Crippen MR) is 130 cm³/mol. The molecule has 3 aromatic rings. The summed E-state index contributed by atoms with van der Waals surface area (Å²) in [4.78, 5) is 24.6. The molecule has 3 N–H and O–H groups in total. The fourth-order valence-electron chi connectivity index (χ4n) is 2.70. The number of ether oxygens (including phenoxy) is 3. The number of anilines is 5. The highest BCUT2D eigenvalue weighted by atomic mass is 79.9. The molecule has 0 saturated heterocycles. The molecule has 1 amide bonds. The van der Waals surface area contributed by atoms with E-state index in [0.717, 1.165) is 10.2 Å². The topological polar surface area (TPSA) is 120 Å². The van der Waals surface area contributed by atoms with Crippen LogP contribution in [0.15, 0.2) is 59.9 Å². The first-order valence-electron chi connectivity index (χ1n) is 9.78. The number of halogens is 1. The van der Waals surface area contributed by atoms with Crippen LogP contribution >= 0.6 is 15.9 Å². The number of carbonyl (C=O) groups is 1. The van der Waals surface area contributed by atoms with Crippen molar-refractivity contribution in [2.45, 2.75) is 0 Å². The smallest absolute Gasteiger partial charge is 0.247 e. The van der Waals surface area contributed by atoms with Gasteiger partial charge >= 0.3 is 0 Å². The molecule has 0 aliphatic heterocycles. The van der Waals surface area contributed by atoms with E-state index in [2.05, 4.69) is 53.4 Å². The lowest BCUT2D eigenvalue weighted by atomic mass is 10.2. The second kappa shape index (κ2) is 11.8. The van der Waals surface area contributed by atoms with Crippen LogP contribution in [0.2, 0.25) is 0 Å². The van der Waals surface area contributed by atoms with Crippen molar-refractivity contribution >= 4 is 50.8 Å². The molecular formula is C22H23BrN6O4. The van der Waals surface area contributed by atoms with Gasteiger partial charge in [-0.05, 0) is 30.3 Å². The third-order valence-corrected chi connectivity index (χ3v) is 4.68. The van der Waals surface area contributed by atoms with Crippen molar-refractivity contribution in [1.82, 2.24) is 15.0 Å². The Balaban J connectivity index is 1.87. The molecule has 0 aliphatic rings. The van der Waals surface area contributed by atoms with E-state index in [9.17, 15) is 4.79 Å². The molecule has 0 radical (unpaired) electrons. The molecule has 0 bridgehead atoms. The van der Waals surface area contributed by atoms with E-state index in [4.69, 9.17) is 14.2 Å². The van der Waals surface area contributed by atoms with Crippen LogP contribution in [0.5, 0.6) is 11.5 Å². The highest BCUT2D eigenvalue weighted by Crippen LogP contribution is 2.37. The molecule has 10 nitrogen and oxygen atoms in total. The second-order valence-corrected chi connectivity index (χ2v) is 7.39. The largest absolute Gasteiger partial charge is 0.494 e. The average molecular weight is 515 g/mol. The summed E-state index contributed by atoms with van der Waals surface area (Å²) in [5.41, 5.74) is 1.74. The Hall–Kier alpha value is -3.70. The van der Waals surface area contributed by atoms with Crippen LogP contribution in [0.3, 0.4) is 0 Å².